The molecule has 3 heterocycles. The summed E-state index contributed by atoms with van der Waals surface area (Å²) in [5.74, 6) is 1.69. The van der Waals surface area contributed by atoms with Crippen LogP contribution in [0.3, 0.4) is 0 Å². The molecule has 0 radical (unpaired) electrons. The van der Waals surface area contributed by atoms with Crippen LogP contribution in [0, 0.1) is 0 Å². The molecule has 31 heavy (non-hydrogen) atoms. The van der Waals surface area contributed by atoms with Crippen molar-refractivity contribution in [2.45, 2.75) is 38.0 Å². The second kappa shape index (κ2) is 9.04. The zero-order valence-electron chi connectivity index (χ0n) is 17.7. The van der Waals surface area contributed by atoms with Gasteiger partial charge in [0, 0.05) is 44.0 Å². The van der Waals surface area contributed by atoms with Crippen LogP contribution in [0.25, 0.3) is 0 Å². The molecule has 3 aromatic rings. The van der Waals surface area contributed by atoms with Crippen molar-refractivity contribution in [1.29, 1.82) is 0 Å². The van der Waals surface area contributed by atoms with Crippen LogP contribution in [0.1, 0.15) is 24.0 Å². The molecule has 0 amide bonds. The second-order valence-corrected chi connectivity index (χ2v) is 8.44. The SMILES string of the molecule is O[C@@H]1CCN(c2cc(Nc3ccccc3)ncn2)CC[C@H]1N1CCc2ccccc2C1. The zero-order chi connectivity index (χ0) is 21.0. The van der Waals surface area contributed by atoms with Gasteiger partial charge in [-0.3, -0.25) is 4.90 Å². The van der Waals surface area contributed by atoms with E-state index in [4.69, 9.17) is 0 Å². The molecule has 2 aromatic carbocycles. The molecule has 0 bridgehead atoms. The van der Waals surface area contributed by atoms with Crippen molar-refractivity contribution in [3.63, 3.8) is 0 Å². The number of aromatic nitrogens is 2. The van der Waals surface area contributed by atoms with Crippen LogP contribution in [0.2, 0.25) is 0 Å². The Labute approximate surface area is 183 Å². The minimum absolute atomic E-state index is 0.183. The Balaban J connectivity index is 1.27. The molecule has 0 spiro atoms. The van der Waals surface area contributed by atoms with Crippen LogP contribution in [0.15, 0.2) is 67.0 Å². The summed E-state index contributed by atoms with van der Waals surface area (Å²) in [5, 5.41) is 14.3. The van der Waals surface area contributed by atoms with Crippen LogP contribution < -0.4 is 10.2 Å². The highest BCUT2D eigenvalue weighted by molar-refractivity contribution is 5.59. The average Bonchev–Trinajstić information content (AvgIpc) is 3.01. The third-order valence-electron chi connectivity index (χ3n) is 6.49. The van der Waals surface area contributed by atoms with E-state index in [2.05, 4.69) is 49.4 Å². The van der Waals surface area contributed by atoms with E-state index in [9.17, 15) is 5.11 Å². The summed E-state index contributed by atoms with van der Waals surface area (Å²) in [7, 11) is 0. The van der Waals surface area contributed by atoms with E-state index in [1.807, 2.05) is 36.4 Å². The number of benzene rings is 2. The maximum atomic E-state index is 10.9. The number of hydrogen-bond acceptors (Lipinski definition) is 6. The molecule has 0 unspecified atom stereocenters. The minimum Gasteiger partial charge on any atom is -0.391 e. The summed E-state index contributed by atoms with van der Waals surface area (Å²) in [6.07, 6.45) is 4.02. The fourth-order valence-electron chi connectivity index (χ4n) is 4.79. The number of anilines is 3. The number of rotatable bonds is 4. The number of nitrogens with one attached hydrogen (secondary N) is 1. The second-order valence-electron chi connectivity index (χ2n) is 8.44. The number of fused-ring (bicyclic) bond motifs is 1. The van der Waals surface area contributed by atoms with Crippen molar-refractivity contribution in [2.24, 2.45) is 0 Å². The predicted octanol–water partition coefficient (Wildman–Crippen LogP) is 3.61. The monoisotopic (exact) mass is 415 g/mol. The molecule has 1 aromatic heterocycles. The number of para-hydroxylation sites is 1. The standard InChI is InChI=1S/C25H29N5O/c31-23-12-15-29(25-16-24(26-18-27-25)28-21-8-2-1-3-9-21)14-11-22(23)30-13-10-19-6-4-5-7-20(19)17-30/h1-9,16,18,22-23,31H,10-15,17H2,(H,26,27,28)/t22-,23-/m1/s1. The zero-order valence-corrected chi connectivity index (χ0v) is 17.7. The van der Waals surface area contributed by atoms with Crippen LogP contribution >= 0.6 is 0 Å². The Morgan fingerprint density at radius 2 is 1.65 bits per heavy atom. The molecule has 1 saturated heterocycles. The maximum Gasteiger partial charge on any atom is 0.135 e. The van der Waals surface area contributed by atoms with Gasteiger partial charge in [0.25, 0.3) is 0 Å². The highest BCUT2D eigenvalue weighted by Crippen LogP contribution is 2.27. The topological polar surface area (TPSA) is 64.5 Å². The van der Waals surface area contributed by atoms with Gasteiger partial charge in [0.05, 0.1) is 6.10 Å². The molecule has 0 saturated carbocycles. The lowest BCUT2D eigenvalue weighted by Crippen LogP contribution is -2.46. The van der Waals surface area contributed by atoms with Crippen molar-refractivity contribution in [3.8, 4) is 0 Å². The molecule has 1 fully saturated rings. The van der Waals surface area contributed by atoms with Gasteiger partial charge in [-0.05, 0) is 42.5 Å². The van der Waals surface area contributed by atoms with E-state index in [-0.39, 0.29) is 12.1 Å². The summed E-state index contributed by atoms with van der Waals surface area (Å²) in [6.45, 7) is 3.61. The summed E-state index contributed by atoms with van der Waals surface area (Å²) in [5.41, 5.74) is 3.85. The number of nitrogens with zero attached hydrogens (tertiary/aromatic N) is 4. The van der Waals surface area contributed by atoms with E-state index in [0.29, 0.717) is 0 Å². The van der Waals surface area contributed by atoms with E-state index in [1.54, 1.807) is 6.33 Å². The molecule has 2 N–H and O–H groups in total. The van der Waals surface area contributed by atoms with Crippen LogP contribution in [-0.4, -0.2) is 51.8 Å². The van der Waals surface area contributed by atoms with Gasteiger partial charge in [0.2, 0.25) is 0 Å². The van der Waals surface area contributed by atoms with Crippen LogP contribution in [-0.2, 0) is 13.0 Å². The fourth-order valence-corrected chi connectivity index (χ4v) is 4.79. The molecule has 2 aliphatic heterocycles. The first-order valence-electron chi connectivity index (χ1n) is 11.1. The van der Waals surface area contributed by atoms with Gasteiger partial charge in [-0.15, -0.1) is 0 Å². The third-order valence-corrected chi connectivity index (χ3v) is 6.49. The van der Waals surface area contributed by atoms with E-state index < -0.39 is 0 Å². The minimum atomic E-state index is -0.320. The molecular weight excluding hydrogens is 386 g/mol. The van der Waals surface area contributed by atoms with E-state index >= 15 is 0 Å². The van der Waals surface area contributed by atoms with Crippen molar-refractivity contribution in [1.82, 2.24) is 14.9 Å². The molecule has 160 valence electrons. The molecule has 0 aliphatic carbocycles. The third kappa shape index (κ3) is 4.55. The fraction of sp³-hybridized carbons (Fsp3) is 0.360. The summed E-state index contributed by atoms with van der Waals surface area (Å²) >= 11 is 0. The van der Waals surface area contributed by atoms with Gasteiger partial charge in [-0.2, -0.15) is 0 Å². The van der Waals surface area contributed by atoms with E-state index in [0.717, 1.165) is 62.8 Å². The maximum absolute atomic E-state index is 10.9. The summed E-state index contributed by atoms with van der Waals surface area (Å²) in [6, 6.07) is 20.9. The number of hydrogen-bond donors (Lipinski definition) is 2. The molecular formula is C25H29N5O. The van der Waals surface area contributed by atoms with E-state index in [1.165, 1.54) is 11.1 Å². The first kappa shape index (κ1) is 20.0. The lowest BCUT2D eigenvalue weighted by atomic mass is 9.96. The highest BCUT2D eigenvalue weighted by Gasteiger charge is 2.31. The smallest absolute Gasteiger partial charge is 0.135 e. The van der Waals surface area contributed by atoms with Crippen molar-refractivity contribution >= 4 is 17.3 Å². The molecule has 2 aliphatic rings. The van der Waals surface area contributed by atoms with Gasteiger partial charge in [-0.25, -0.2) is 9.97 Å². The molecule has 6 nitrogen and oxygen atoms in total. The Kier molecular flexibility index (Phi) is 5.82. The molecule has 2 atom stereocenters. The molecule has 5 rings (SSSR count). The Hall–Kier alpha value is -2.96. The van der Waals surface area contributed by atoms with Gasteiger partial charge in [0.1, 0.15) is 18.0 Å². The first-order chi connectivity index (χ1) is 15.3. The number of aliphatic hydroxyl groups excluding tert-OH is 1. The van der Waals surface area contributed by atoms with Gasteiger partial charge in [-0.1, -0.05) is 42.5 Å². The summed E-state index contributed by atoms with van der Waals surface area (Å²) in [4.78, 5) is 13.6. The highest BCUT2D eigenvalue weighted by atomic mass is 16.3. The normalized spacial score (nSPS) is 21.9. The Morgan fingerprint density at radius 3 is 2.52 bits per heavy atom. The average molecular weight is 416 g/mol. The number of aliphatic hydroxyl groups is 1. The van der Waals surface area contributed by atoms with Crippen molar-refractivity contribution < 1.29 is 5.11 Å². The Morgan fingerprint density at radius 1 is 0.871 bits per heavy atom. The van der Waals surface area contributed by atoms with Crippen molar-refractivity contribution in [2.75, 3.05) is 29.9 Å². The first-order valence-corrected chi connectivity index (χ1v) is 11.1. The lowest BCUT2D eigenvalue weighted by Gasteiger charge is -2.37. The summed E-state index contributed by atoms with van der Waals surface area (Å²) < 4.78 is 0. The Bertz CT molecular complexity index is 1010. The lowest BCUT2D eigenvalue weighted by molar-refractivity contribution is 0.0394. The predicted molar refractivity (Wildman–Crippen MR) is 124 cm³/mol. The van der Waals surface area contributed by atoms with Crippen molar-refractivity contribution in [3.05, 3.63) is 78.1 Å². The molecule has 6 heteroatoms. The quantitative estimate of drug-likeness (QED) is 0.679. The van der Waals surface area contributed by atoms with Crippen LogP contribution in [0.5, 0.6) is 0 Å². The van der Waals surface area contributed by atoms with Gasteiger partial charge < -0.3 is 15.3 Å². The van der Waals surface area contributed by atoms with Gasteiger partial charge >= 0.3 is 0 Å². The van der Waals surface area contributed by atoms with Gasteiger partial charge in [0.15, 0.2) is 0 Å². The van der Waals surface area contributed by atoms with Crippen LogP contribution in [0.4, 0.5) is 17.3 Å². The largest absolute Gasteiger partial charge is 0.391 e.